The molecule has 0 heterocycles. The van der Waals surface area contributed by atoms with Crippen LogP contribution in [0.1, 0.15) is 52.9 Å². The SMILES string of the molecule is CCC(O)C1(OC)CCC(C)(C)CC1. The zero-order chi connectivity index (χ0) is 10.8. The molecule has 1 saturated carbocycles. The highest BCUT2D eigenvalue weighted by molar-refractivity contribution is 4.94. The molecule has 2 heteroatoms. The molecule has 0 radical (unpaired) electrons. The van der Waals surface area contributed by atoms with Crippen LogP contribution < -0.4 is 0 Å². The Morgan fingerprint density at radius 2 is 1.71 bits per heavy atom. The van der Waals surface area contributed by atoms with Crippen LogP contribution in [-0.4, -0.2) is 23.9 Å². The smallest absolute Gasteiger partial charge is 0.0936 e. The number of hydrogen-bond acceptors (Lipinski definition) is 2. The molecule has 0 amide bonds. The summed E-state index contributed by atoms with van der Waals surface area (Å²) in [6, 6.07) is 0. The molecule has 2 nitrogen and oxygen atoms in total. The molecule has 0 bridgehead atoms. The molecule has 1 aliphatic rings. The van der Waals surface area contributed by atoms with Gasteiger partial charge in [-0.15, -0.1) is 0 Å². The predicted molar refractivity (Wildman–Crippen MR) is 58.3 cm³/mol. The van der Waals surface area contributed by atoms with Gasteiger partial charge in [0.1, 0.15) is 0 Å². The van der Waals surface area contributed by atoms with Crippen molar-refractivity contribution in [3.8, 4) is 0 Å². The molecule has 1 atom stereocenters. The van der Waals surface area contributed by atoms with Gasteiger partial charge >= 0.3 is 0 Å². The largest absolute Gasteiger partial charge is 0.390 e. The minimum absolute atomic E-state index is 0.260. The average molecular weight is 200 g/mol. The highest BCUT2D eigenvalue weighted by Crippen LogP contribution is 2.43. The Labute approximate surface area is 87.7 Å². The van der Waals surface area contributed by atoms with Crippen LogP contribution in [0.2, 0.25) is 0 Å². The number of hydrogen-bond donors (Lipinski definition) is 1. The normalized spacial score (nSPS) is 27.2. The van der Waals surface area contributed by atoms with E-state index in [1.54, 1.807) is 7.11 Å². The summed E-state index contributed by atoms with van der Waals surface area (Å²) in [7, 11) is 1.73. The van der Waals surface area contributed by atoms with Crippen molar-refractivity contribution in [3.05, 3.63) is 0 Å². The molecule has 0 aromatic rings. The van der Waals surface area contributed by atoms with Crippen LogP contribution in [0.4, 0.5) is 0 Å². The molecule has 1 fully saturated rings. The second kappa shape index (κ2) is 4.19. The van der Waals surface area contributed by atoms with E-state index in [0.717, 1.165) is 32.1 Å². The molecule has 0 aliphatic heterocycles. The van der Waals surface area contributed by atoms with Crippen LogP contribution in [-0.2, 0) is 4.74 Å². The monoisotopic (exact) mass is 200 g/mol. The lowest BCUT2D eigenvalue weighted by molar-refractivity contribution is -0.136. The van der Waals surface area contributed by atoms with Crippen molar-refractivity contribution in [3.63, 3.8) is 0 Å². The summed E-state index contributed by atoms with van der Waals surface area (Å²) in [6.45, 7) is 6.61. The first-order valence-electron chi connectivity index (χ1n) is 5.69. The van der Waals surface area contributed by atoms with Crippen molar-refractivity contribution < 1.29 is 9.84 Å². The molecule has 1 aliphatic carbocycles. The van der Waals surface area contributed by atoms with Gasteiger partial charge < -0.3 is 9.84 Å². The van der Waals surface area contributed by atoms with Gasteiger partial charge in [-0.3, -0.25) is 0 Å². The van der Waals surface area contributed by atoms with E-state index in [0.29, 0.717) is 5.41 Å². The van der Waals surface area contributed by atoms with E-state index in [1.807, 2.05) is 6.92 Å². The van der Waals surface area contributed by atoms with Gasteiger partial charge in [0.25, 0.3) is 0 Å². The van der Waals surface area contributed by atoms with Crippen LogP contribution in [0.5, 0.6) is 0 Å². The van der Waals surface area contributed by atoms with E-state index in [2.05, 4.69) is 13.8 Å². The third-order valence-electron chi connectivity index (χ3n) is 3.85. The number of rotatable bonds is 3. The fourth-order valence-corrected chi connectivity index (χ4v) is 2.40. The second-order valence-corrected chi connectivity index (χ2v) is 5.36. The van der Waals surface area contributed by atoms with Crippen molar-refractivity contribution in [2.75, 3.05) is 7.11 Å². The Bertz CT molecular complexity index is 177. The fraction of sp³-hybridized carbons (Fsp3) is 1.00. The lowest BCUT2D eigenvalue weighted by Crippen LogP contribution is -2.48. The van der Waals surface area contributed by atoms with Crippen molar-refractivity contribution in [2.45, 2.75) is 64.6 Å². The predicted octanol–water partition coefficient (Wildman–Crippen LogP) is 2.74. The van der Waals surface area contributed by atoms with E-state index in [-0.39, 0.29) is 11.7 Å². The van der Waals surface area contributed by atoms with Crippen LogP contribution in [0.15, 0.2) is 0 Å². The molecule has 0 saturated heterocycles. The summed E-state index contributed by atoms with van der Waals surface area (Å²) >= 11 is 0. The maximum atomic E-state index is 9.98. The standard InChI is InChI=1S/C12H24O2/c1-5-10(13)12(14-4)8-6-11(2,3)7-9-12/h10,13H,5-9H2,1-4H3. The Hall–Kier alpha value is -0.0800. The van der Waals surface area contributed by atoms with Crippen LogP contribution in [0.25, 0.3) is 0 Å². The van der Waals surface area contributed by atoms with Gasteiger partial charge in [0, 0.05) is 7.11 Å². The Balaban J connectivity index is 2.66. The molecular formula is C12H24O2. The van der Waals surface area contributed by atoms with Gasteiger partial charge in [0.2, 0.25) is 0 Å². The van der Waals surface area contributed by atoms with E-state index in [4.69, 9.17) is 4.74 Å². The third kappa shape index (κ3) is 2.29. The number of ether oxygens (including phenoxy) is 1. The molecule has 0 spiro atoms. The van der Waals surface area contributed by atoms with Crippen molar-refractivity contribution in [1.29, 1.82) is 0 Å². The third-order valence-corrected chi connectivity index (χ3v) is 3.85. The number of methoxy groups -OCH3 is 1. The summed E-state index contributed by atoms with van der Waals surface area (Å²) in [5.74, 6) is 0. The second-order valence-electron chi connectivity index (χ2n) is 5.36. The number of aliphatic hydroxyl groups excluding tert-OH is 1. The quantitative estimate of drug-likeness (QED) is 0.759. The first-order valence-corrected chi connectivity index (χ1v) is 5.69. The van der Waals surface area contributed by atoms with E-state index in [1.165, 1.54) is 0 Å². The van der Waals surface area contributed by atoms with Crippen molar-refractivity contribution in [1.82, 2.24) is 0 Å². The lowest BCUT2D eigenvalue weighted by atomic mass is 9.68. The molecule has 1 rings (SSSR count). The fourth-order valence-electron chi connectivity index (χ4n) is 2.40. The molecule has 1 unspecified atom stereocenters. The molecule has 14 heavy (non-hydrogen) atoms. The number of aliphatic hydroxyl groups is 1. The lowest BCUT2D eigenvalue weighted by Gasteiger charge is -2.45. The first-order chi connectivity index (χ1) is 6.46. The molecule has 1 N–H and O–H groups in total. The maximum absolute atomic E-state index is 9.98. The Morgan fingerprint density at radius 3 is 2.07 bits per heavy atom. The minimum atomic E-state index is -0.302. The van der Waals surface area contributed by atoms with E-state index >= 15 is 0 Å². The van der Waals surface area contributed by atoms with Crippen molar-refractivity contribution >= 4 is 0 Å². The van der Waals surface area contributed by atoms with Gasteiger partial charge in [-0.05, 0) is 37.5 Å². The summed E-state index contributed by atoms with van der Waals surface area (Å²) in [5.41, 5.74) is 0.166. The Kier molecular flexibility index (Phi) is 3.59. The first kappa shape index (κ1) is 12.0. The zero-order valence-corrected chi connectivity index (χ0v) is 9.97. The molecule has 84 valence electrons. The van der Waals surface area contributed by atoms with Crippen LogP contribution in [0.3, 0.4) is 0 Å². The van der Waals surface area contributed by atoms with Gasteiger partial charge in [-0.2, -0.15) is 0 Å². The average Bonchev–Trinajstić information content (AvgIpc) is 2.18. The highest BCUT2D eigenvalue weighted by Gasteiger charge is 2.42. The molecule has 0 aromatic heterocycles. The van der Waals surface area contributed by atoms with Crippen LogP contribution >= 0.6 is 0 Å². The summed E-state index contributed by atoms with van der Waals surface area (Å²) < 4.78 is 5.57. The van der Waals surface area contributed by atoms with Gasteiger partial charge in [0.05, 0.1) is 11.7 Å². The minimum Gasteiger partial charge on any atom is -0.390 e. The topological polar surface area (TPSA) is 29.5 Å². The molecular weight excluding hydrogens is 176 g/mol. The van der Waals surface area contributed by atoms with Gasteiger partial charge in [-0.1, -0.05) is 20.8 Å². The summed E-state index contributed by atoms with van der Waals surface area (Å²) in [4.78, 5) is 0. The van der Waals surface area contributed by atoms with Gasteiger partial charge in [0.15, 0.2) is 0 Å². The van der Waals surface area contributed by atoms with Gasteiger partial charge in [-0.25, -0.2) is 0 Å². The highest BCUT2D eigenvalue weighted by atomic mass is 16.5. The Morgan fingerprint density at radius 1 is 1.21 bits per heavy atom. The van der Waals surface area contributed by atoms with Crippen LogP contribution in [0, 0.1) is 5.41 Å². The zero-order valence-electron chi connectivity index (χ0n) is 9.97. The molecule has 0 aromatic carbocycles. The van der Waals surface area contributed by atoms with Crippen molar-refractivity contribution in [2.24, 2.45) is 5.41 Å². The maximum Gasteiger partial charge on any atom is 0.0936 e. The summed E-state index contributed by atoms with van der Waals surface area (Å²) in [6.07, 6.45) is 4.77. The summed E-state index contributed by atoms with van der Waals surface area (Å²) in [5, 5.41) is 9.98. The van der Waals surface area contributed by atoms with E-state index in [9.17, 15) is 5.11 Å². The van der Waals surface area contributed by atoms with E-state index < -0.39 is 0 Å².